The summed E-state index contributed by atoms with van der Waals surface area (Å²) < 4.78 is 5.37. The summed E-state index contributed by atoms with van der Waals surface area (Å²) in [7, 11) is 0. The number of hydrogen-bond acceptors (Lipinski definition) is 3. The van der Waals surface area contributed by atoms with E-state index in [1.807, 2.05) is 13.8 Å². The fourth-order valence-electron chi connectivity index (χ4n) is 1.78. The Bertz CT molecular complexity index is 196. The predicted octanol–water partition coefficient (Wildman–Crippen LogP) is 1.01. The van der Waals surface area contributed by atoms with Crippen LogP contribution in [0.15, 0.2) is 0 Å². The third-order valence-electron chi connectivity index (χ3n) is 2.67. The van der Waals surface area contributed by atoms with Crippen LogP contribution in [-0.4, -0.2) is 35.9 Å². The Balaban J connectivity index is 2.41. The summed E-state index contributed by atoms with van der Waals surface area (Å²) in [6.45, 7) is 4.71. The molecular weight excluding hydrogens is 182 g/mol. The molecule has 4 nitrogen and oxygen atoms in total. The number of hydrogen-bond donors (Lipinski definition) is 2. The number of carbonyl (C=O) groups is 1. The maximum atomic E-state index is 10.9. The lowest BCUT2D eigenvalue weighted by Gasteiger charge is -2.21. The second-order valence-corrected chi connectivity index (χ2v) is 3.82. The molecule has 0 spiro atoms. The maximum Gasteiger partial charge on any atom is 0.320 e. The Hall–Kier alpha value is -0.610. The van der Waals surface area contributed by atoms with E-state index < -0.39 is 12.0 Å². The van der Waals surface area contributed by atoms with Crippen molar-refractivity contribution in [3.63, 3.8) is 0 Å². The highest BCUT2D eigenvalue weighted by Crippen LogP contribution is 2.14. The van der Waals surface area contributed by atoms with E-state index in [0.29, 0.717) is 6.42 Å². The number of carboxylic acids is 1. The summed E-state index contributed by atoms with van der Waals surface area (Å²) in [5, 5.41) is 12.1. The van der Waals surface area contributed by atoms with E-state index in [2.05, 4.69) is 5.32 Å². The summed E-state index contributed by atoms with van der Waals surface area (Å²) in [6, 6.07) is -0.225. The van der Waals surface area contributed by atoms with Gasteiger partial charge in [-0.15, -0.1) is 0 Å². The number of carboxylic acid groups (broad SMARTS) is 1. The molecule has 82 valence electrons. The van der Waals surface area contributed by atoms with E-state index in [0.717, 1.165) is 19.4 Å². The number of nitrogens with one attached hydrogen (secondary N) is 1. The smallest absolute Gasteiger partial charge is 0.320 e. The first-order chi connectivity index (χ1) is 6.65. The van der Waals surface area contributed by atoms with Crippen LogP contribution in [0.1, 0.15) is 33.1 Å². The Labute approximate surface area is 84.6 Å². The second kappa shape index (κ2) is 5.32. The minimum atomic E-state index is -0.758. The van der Waals surface area contributed by atoms with E-state index in [-0.39, 0.29) is 12.1 Å². The third kappa shape index (κ3) is 2.96. The van der Waals surface area contributed by atoms with E-state index in [1.165, 1.54) is 0 Å². The average molecular weight is 201 g/mol. The van der Waals surface area contributed by atoms with Gasteiger partial charge in [0.25, 0.3) is 0 Å². The van der Waals surface area contributed by atoms with Crippen LogP contribution in [0.4, 0.5) is 0 Å². The highest BCUT2D eigenvalue weighted by Gasteiger charge is 2.28. The van der Waals surface area contributed by atoms with Crippen molar-refractivity contribution in [3.05, 3.63) is 0 Å². The Morgan fingerprint density at radius 1 is 1.71 bits per heavy atom. The number of aliphatic carboxylic acids is 1. The van der Waals surface area contributed by atoms with Crippen molar-refractivity contribution in [2.45, 2.75) is 51.3 Å². The summed E-state index contributed by atoms with van der Waals surface area (Å²) in [6.07, 6.45) is 2.60. The van der Waals surface area contributed by atoms with Crippen molar-refractivity contribution in [3.8, 4) is 0 Å². The highest BCUT2D eigenvalue weighted by atomic mass is 16.5. The molecular formula is C10H19NO3. The van der Waals surface area contributed by atoms with Crippen molar-refractivity contribution >= 4 is 5.97 Å². The molecule has 0 aliphatic carbocycles. The summed E-state index contributed by atoms with van der Waals surface area (Å²) in [5.74, 6) is -0.758. The van der Waals surface area contributed by atoms with E-state index in [1.54, 1.807) is 0 Å². The minimum absolute atomic E-state index is 0.133. The van der Waals surface area contributed by atoms with Gasteiger partial charge in [0.05, 0.1) is 6.10 Å². The Kier molecular flexibility index (Phi) is 4.35. The molecule has 0 bridgehead atoms. The SMILES string of the molecule is CCCC(NC1CCOC1C)C(=O)O. The summed E-state index contributed by atoms with van der Waals surface area (Å²) in [5.41, 5.74) is 0. The fourth-order valence-corrected chi connectivity index (χ4v) is 1.78. The molecule has 1 aliphatic rings. The van der Waals surface area contributed by atoms with Gasteiger partial charge in [-0.25, -0.2) is 0 Å². The molecule has 14 heavy (non-hydrogen) atoms. The molecule has 1 aliphatic heterocycles. The molecule has 1 rings (SSSR count). The van der Waals surface area contributed by atoms with E-state index in [4.69, 9.17) is 9.84 Å². The normalized spacial score (nSPS) is 29.0. The van der Waals surface area contributed by atoms with Gasteiger partial charge in [0.1, 0.15) is 6.04 Å². The molecule has 0 aromatic carbocycles. The molecule has 0 aromatic heterocycles. The van der Waals surface area contributed by atoms with Gasteiger partial charge in [-0.05, 0) is 19.8 Å². The van der Waals surface area contributed by atoms with Crippen LogP contribution >= 0.6 is 0 Å². The van der Waals surface area contributed by atoms with Crippen LogP contribution in [-0.2, 0) is 9.53 Å². The van der Waals surface area contributed by atoms with E-state index >= 15 is 0 Å². The lowest BCUT2D eigenvalue weighted by molar-refractivity contribution is -0.140. The Morgan fingerprint density at radius 3 is 2.86 bits per heavy atom. The predicted molar refractivity (Wildman–Crippen MR) is 53.3 cm³/mol. The van der Waals surface area contributed by atoms with Crippen LogP contribution in [0.2, 0.25) is 0 Å². The average Bonchev–Trinajstić information content (AvgIpc) is 2.51. The molecule has 2 N–H and O–H groups in total. The van der Waals surface area contributed by atoms with Gasteiger partial charge in [0.2, 0.25) is 0 Å². The van der Waals surface area contributed by atoms with Crippen molar-refractivity contribution in [1.82, 2.24) is 5.32 Å². The van der Waals surface area contributed by atoms with Crippen LogP contribution in [0.25, 0.3) is 0 Å². The van der Waals surface area contributed by atoms with Gasteiger partial charge in [-0.3, -0.25) is 10.1 Å². The third-order valence-corrected chi connectivity index (χ3v) is 2.67. The van der Waals surface area contributed by atoms with Crippen molar-refractivity contribution in [1.29, 1.82) is 0 Å². The highest BCUT2D eigenvalue weighted by molar-refractivity contribution is 5.73. The summed E-state index contributed by atoms with van der Waals surface area (Å²) >= 11 is 0. The van der Waals surface area contributed by atoms with Crippen LogP contribution in [0.3, 0.4) is 0 Å². The van der Waals surface area contributed by atoms with Crippen molar-refractivity contribution in [2.24, 2.45) is 0 Å². The molecule has 0 saturated carbocycles. The maximum absolute atomic E-state index is 10.9. The molecule has 1 heterocycles. The monoisotopic (exact) mass is 201 g/mol. The molecule has 0 radical (unpaired) electrons. The van der Waals surface area contributed by atoms with Gasteiger partial charge < -0.3 is 9.84 Å². The quantitative estimate of drug-likeness (QED) is 0.697. The molecule has 0 aromatic rings. The zero-order valence-corrected chi connectivity index (χ0v) is 8.82. The molecule has 1 fully saturated rings. The lowest BCUT2D eigenvalue weighted by atomic mass is 10.1. The lowest BCUT2D eigenvalue weighted by Crippen LogP contribution is -2.46. The summed E-state index contributed by atoms with van der Waals surface area (Å²) in [4.78, 5) is 10.9. The fraction of sp³-hybridized carbons (Fsp3) is 0.900. The standard InChI is InChI=1S/C10H19NO3/c1-3-4-9(10(12)13)11-8-5-6-14-7(8)2/h7-9,11H,3-6H2,1-2H3,(H,12,13). The van der Waals surface area contributed by atoms with Crippen LogP contribution in [0, 0.1) is 0 Å². The van der Waals surface area contributed by atoms with Gasteiger partial charge in [-0.1, -0.05) is 13.3 Å². The van der Waals surface area contributed by atoms with Gasteiger partial charge in [-0.2, -0.15) is 0 Å². The molecule has 1 saturated heterocycles. The van der Waals surface area contributed by atoms with E-state index in [9.17, 15) is 4.79 Å². The van der Waals surface area contributed by atoms with Crippen molar-refractivity contribution < 1.29 is 14.6 Å². The molecule has 4 heteroatoms. The molecule has 3 unspecified atom stereocenters. The van der Waals surface area contributed by atoms with Gasteiger partial charge in [0.15, 0.2) is 0 Å². The number of ether oxygens (including phenoxy) is 1. The topological polar surface area (TPSA) is 58.6 Å². The Morgan fingerprint density at radius 2 is 2.43 bits per heavy atom. The van der Waals surface area contributed by atoms with Crippen LogP contribution < -0.4 is 5.32 Å². The zero-order valence-electron chi connectivity index (χ0n) is 8.82. The van der Waals surface area contributed by atoms with Gasteiger partial charge >= 0.3 is 5.97 Å². The second-order valence-electron chi connectivity index (χ2n) is 3.82. The largest absolute Gasteiger partial charge is 0.480 e. The molecule has 0 amide bonds. The first kappa shape index (κ1) is 11.5. The van der Waals surface area contributed by atoms with Crippen molar-refractivity contribution in [2.75, 3.05) is 6.61 Å². The van der Waals surface area contributed by atoms with Crippen LogP contribution in [0.5, 0.6) is 0 Å². The van der Waals surface area contributed by atoms with Gasteiger partial charge in [0, 0.05) is 12.6 Å². The first-order valence-electron chi connectivity index (χ1n) is 5.25. The first-order valence-corrected chi connectivity index (χ1v) is 5.25. The zero-order chi connectivity index (χ0) is 10.6. The minimum Gasteiger partial charge on any atom is -0.480 e. The molecule has 3 atom stereocenters. The number of rotatable bonds is 5.